The van der Waals surface area contributed by atoms with Gasteiger partial charge in [0.25, 0.3) is 0 Å². The highest BCUT2D eigenvalue weighted by Gasteiger charge is 2.18. The molecular weight excluding hydrogens is 372 g/mol. The van der Waals surface area contributed by atoms with Crippen molar-refractivity contribution >= 4 is 23.7 Å². The lowest BCUT2D eigenvalue weighted by atomic mass is 9.98. The predicted octanol–water partition coefficient (Wildman–Crippen LogP) is 4.85. The number of thioether (sulfide) groups is 1. The van der Waals surface area contributed by atoms with E-state index in [1.165, 1.54) is 58.5 Å². The van der Waals surface area contributed by atoms with Gasteiger partial charge in [-0.15, -0.1) is 11.8 Å². The van der Waals surface area contributed by atoms with E-state index in [4.69, 9.17) is 0 Å². The lowest BCUT2D eigenvalue weighted by Crippen LogP contribution is -2.29. The Morgan fingerprint density at radius 1 is 0.964 bits per heavy atom. The van der Waals surface area contributed by atoms with Crippen molar-refractivity contribution in [3.63, 3.8) is 0 Å². The molecular formula is C23H35O4S-. The molecule has 1 aromatic rings. The maximum Gasteiger partial charge on any atom is 0.315 e. The quantitative estimate of drug-likeness (QED) is 0.289. The van der Waals surface area contributed by atoms with E-state index in [1.807, 2.05) is 24.3 Å². The van der Waals surface area contributed by atoms with Crippen LogP contribution in [0, 0.1) is 0 Å². The summed E-state index contributed by atoms with van der Waals surface area (Å²) in [5.74, 6) is -1.59. The number of aliphatic carboxylic acids is 1. The number of carbonyl (C=O) groups excluding carboxylic acids is 2. The van der Waals surface area contributed by atoms with Crippen molar-refractivity contribution in [3.05, 3.63) is 35.4 Å². The molecule has 1 aromatic carbocycles. The number of methoxy groups -OCH3 is 1. The van der Waals surface area contributed by atoms with Gasteiger partial charge in [0.2, 0.25) is 0 Å². The highest BCUT2D eigenvalue weighted by Crippen LogP contribution is 2.31. The second-order valence-electron chi connectivity index (χ2n) is 7.22. The molecule has 0 aliphatic heterocycles. The Morgan fingerprint density at radius 2 is 1.54 bits per heavy atom. The third kappa shape index (κ3) is 10.2. The number of carboxylic acid groups (broad SMARTS) is 1. The normalized spacial score (nSPS) is 11.9. The maximum absolute atomic E-state index is 11.6. The van der Waals surface area contributed by atoms with Crippen LogP contribution in [0.5, 0.6) is 0 Å². The molecule has 0 aliphatic carbocycles. The minimum Gasteiger partial charge on any atom is -0.549 e. The van der Waals surface area contributed by atoms with E-state index in [0.29, 0.717) is 0 Å². The van der Waals surface area contributed by atoms with Crippen molar-refractivity contribution in [3.8, 4) is 0 Å². The van der Waals surface area contributed by atoms with Gasteiger partial charge in [0.1, 0.15) is 0 Å². The van der Waals surface area contributed by atoms with Crippen molar-refractivity contribution in [1.29, 1.82) is 0 Å². The smallest absolute Gasteiger partial charge is 0.315 e. The molecule has 0 saturated heterocycles. The molecule has 0 spiro atoms. The van der Waals surface area contributed by atoms with E-state index in [1.54, 1.807) is 0 Å². The number of benzene rings is 1. The van der Waals surface area contributed by atoms with Gasteiger partial charge in [-0.2, -0.15) is 0 Å². The number of ether oxygens (including phenoxy) is 1. The second kappa shape index (κ2) is 15.4. The van der Waals surface area contributed by atoms with Crippen molar-refractivity contribution in [2.75, 3.05) is 12.9 Å². The Kier molecular flexibility index (Phi) is 13.5. The molecule has 5 heteroatoms. The van der Waals surface area contributed by atoms with E-state index in [2.05, 4.69) is 11.7 Å². The van der Waals surface area contributed by atoms with Gasteiger partial charge in [0.05, 0.1) is 24.1 Å². The number of carboxylic acids is 1. The zero-order chi connectivity index (χ0) is 20.6. The standard InChI is InChI=1S/C23H36O4S/c1-3-4-5-6-7-8-9-10-11-12-15-19-16-13-14-17-20(19)22(23(25)26)28-18-21(24)27-2/h13-14,16-17,22H,3-12,15,18H2,1-2H3,(H,25,26)/p-1. The summed E-state index contributed by atoms with van der Waals surface area (Å²) in [6.45, 7) is 2.24. The van der Waals surface area contributed by atoms with Crippen LogP contribution in [0.4, 0.5) is 0 Å². The third-order valence-corrected chi connectivity index (χ3v) is 6.13. The Bertz CT molecular complexity index is 573. The molecule has 158 valence electrons. The van der Waals surface area contributed by atoms with Gasteiger partial charge in [-0.25, -0.2) is 0 Å². The lowest BCUT2D eigenvalue weighted by molar-refractivity contribution is -0.305. The summed E-state index contributed by atoms with van der Waals surface area (Å²) in [4.78, 5) is 23.0. The van der Waals surface area contributed by atoms with Gasteiger partial charge in [0, 0.05) is 0 Å². The first-order valence-corrected chi connectivity index (χ1v) is 11.6. The topological polar surface area (TPSA) is 66.4 Å². The summed E-state index contributed by atoms with van der Waals surface area (Å²) in [5.41, 5.74) is 1.78. The van der Waals surface area contributed by atoms with Gasteiger partial charge in [-0.05, 0) is 24.0 Å². The fourth-order valence-corrected chi connectivity index (χ4v) is 4.28. The highest BCUT2D eigenvalue weighted by atomic mass is 32.2. The minimum absolute atomic E-state index is 0.00172. The summed E-state index contributed by atoms with van der Waals surface area (Å²) in [5, 5.41) is 10.8. The molecule has 0 saturated carbocycles. The molecule has 0 bridgehead atoms. The average Bonchev–Trinajstić information content (AvgIpc) is 2.70. The van der Waals surface area contributed by atoms with Crippen LogP contribution < -0.4 is 5.11 Å². The summed E-state index contributed by atoms with van der Waals surface area (Å²) in [6, 6.07) is 7.59. The van der Waals surface area contributed by atoms with Crippen LogP contribution >= 0.6 is 11.8 Å². The van der Waals surface area contributed by atoms with Gasteiger partial charge in [-0.3, -0.25) is 4.79 Å². The molecule has 0 fully saturated rings. The van der Waals surface area contributed by atoms with E-state index >= 15 is 0 Å². The molecule has 0 heterocycles. The third-order valence-electron chi connectivity index (χ3n) is 4.95. The van der Waals surface area contributed by atoms with E-state index in [-0.39, 0.29) is 5.75 Å². The Hall–Kier alpha value is -1.49. The molecule has 1 unspecified atom stereocenters. The van der Waals surface area contributed by atoms with Crippen LogP contribution in [0.15, 0.2) is 24.3 Å². The molecule has 28 heavy (non-hydrogen) atoms. The maximum atomic E-state index is 11.6. The van der Waals surface area contributed by atoms with Crippen molar-refractivity contribution in [1.82, 2.24) is 0 Å². The van der Waals surface area contributed by atoms with Gasteiger partial charge >= 0.3 is 5.97 Å². The number of carbonyl (C=O) groups is 2. The predicted molar refractivity (Wildman–Crippen MR) is 114 cm³/mol. The Balaban J connectivity index is 2.41. The van der Waals surface area contributed by atoms with Gasteiger partial charge in [0.15, 0.2) is 0 Å². The van der Waals surface area contributed by atoms with E-state index in [9.17, 15) is 14.7 Å². The average molecular weight is 408 g/mol. The van der Waals surface area contributed by atoms with Gasteiger partial charge in [-0.1, -0.05) is 89.0 Å². The molecule has 0 amide bonds. The lowest BCUT2D eigenvalue weighted by Gasteiger charge is -2.21. The summed E-state index contributed by atoms with van der Waals surface area (Å²) < 4.78 is 4.61. The molecule has 0 aliphatic rings. The number of unbranched alkanes of at least 4 members (excludes halogenated alkanes) is 9. The Labute approximate surface area is 174 Å². The molecule has 0 aromatic heterocycles. The largest absolute Gasteiger partial charge is 0.549 e. The summed E-state index contributed by atoms with van der Waals surface area (Å²) >= 11 is 1.05. The van der Waals surface area contributed by atoms with E-state index in [0.717, 1.165) is 42.2 Å². The SMILES string of the molecule is CCCCCCCCCCCCc1ccccc1C(SCC(=O)OC)C(=O)[O-]. The Morgan fingerprint density at radius 3 is 2.11 bits per heavy atom. The van der Waals surface area contributed by atoms with Crippen molar-refractivity contribution < 1.29 is 19.4 Å². The fourth-order valence-electron chi connectivity index (χ4n) is 3.32. The first-order valence-electron chi connectivity index (χ1n) is 10.6. The summed E-state index contributed by atoms with van der Waals surface area (Å²) in [7, 11) is 1.30. The monoisotopic (exact) mass is 407 g/mol. The van der Waals surface area contributed by atoms with Crippen LogP contribution in [-0.4, -0.2) is 24.8 Å². The molecule has 1 rings (SSSR count). The fraction of sp³-hybridized carbons (Fsp3) is 0.652. The highest BCUT2D eigenvalue weighted by molar-refractivity contribution is 8.00. The number of rotatable bonds is 16. The first-order chi connectivity index (χ1) is 13.6. The van der Waals surface area contributed by atoms with Crippen LogP contribution in [0.2, 0.25) is 0 Å². The number of esters is 1. The number of hydrogen-bond acceptors (Lipinski definition) is 5. The number of hydrogen-bond donors (Lipinski definition) is 0. The van der Waals surface area contributed by atoms with Crippen LogP contribution in [-0.2, 0) is 20.7 Å². The first kappa shape index (κ1) is 24.5. The molecule has 0 N–H and O–H groups in total. The van der Waals surface area contributed by atoms with Crippen molar-refractivity contribution in [2.45, 2.75) is 82.8 Å². The molecule has 1 atom stereocenters. The van der Waals surface area contributed by atoms with E-state index < -0.39 is 17.2 Å². The zero-order valence-electron chi connectivity index (χ0n) is 17.4. The van der Waals surface area contributed by atoms with Crippen LogP contribution in [0.25, 0.3) is 0 Å². The number of aryl methyl sites for hydroxylation is 1. The minimum atomic E-state index is -1.16. The zero-order valence-corrected chi connectivity index (χ0v) is 18.2. The summed E-state index contributed by atoms with van der Waals surface area (Å²) in [6.07, 6.45) is 13.6. The van der Waals surface area contributed by atoms with Gasteiger partial charge < -0.3 is 14.6 Å². The second-order valence-corrected chi connectivity index (χ2v) is 8.31. The van der Waals surface area contributed by atoms with Crippen molar-refractivity contribution in [2.24, 2.45) is 0 Å². The van der Waals surface area contributed by atoms with Crippen LogP contribution in [0.1, 0.15) is 87.5 Å². The molecule has 0 radical (unpaired) electrons. The van der Waals surface area contributed by atoms with Crippen LogP contribution in [0.3, 0.4) is 0 Å². The molecule has 4 nitrogen and oxygen atoms in total.